The number of rotatable bonds is 4. The van der Waals surface area contributed by atoms with Gasteiger partial charge in [0.2, 0.25) is 0 Å². The highest BCUT2D eigenvalue weighted by atomic mass is 32.2. The van der Waals surface area contributed by atoms with E-state index in [-0.39, 0.29) is 10.5 Å². The molecular weight excluding hydrogens is 395 g/mol. The Kier molecular flexibility index (Phi) is 5.93. The first kappa shape index (κ1) is 21.5. The normalized spacial score (nSPS) is 11.8. The first-order valence-corrected chi connectivity index (χ1v) is 9.99. The van der Waals surface area contributed by atoms with Crippen LogP contribution < -0.4 is 16.2 Å². The van der Waals surface area contributed by atoms with Gasteiger partial charge in [0.05, 0.1) is 16.1 Å². The molecular formula is C18H20F3N3O3S. The van der Waals surface area contributed by atoms with Crippen LogP contribution in [0.25, 0.3) is 0 Å². The fraction of sp³-hybridized carbons (Fsp3) is 0.278. The lowest BCUT2D eigenvalue weighted by Gasteiger charge is -2.18. The van der Waals surface area contributed by atoms with Gasteiger partial charge in [0, 0.05) is 11.9 Å². The van der Waals surface area contributed by atoms with Gasteiger partial charge in [0.25, 0.3) is 0 Å². The summed E-state index contributed by atoms with van der Waals surface area (Å²) in [5, 5.41) is 2.50. The van der Waals surface area contributed by atoms with Gasteiger partial charge in [0.15, 0.2) is 9.84 Å². The third-order valence-corrected chi connectivity index (χ3v) is 5.05. The van der Waals surface area contributed by atoms with Gasteiger partial charge in [-0.3, -0.25) is 10.9 Å². The fourth-order valence-electron chi connectivity index (χ4n) is 2.76. The molecule has 2 aromatic rings. The first-order chi connectivity index (χ1) is 12.8. The van der Waals surface area contributed by atoms with E-state index < -0.39 is 33.3 Å². The molecule has 10 heteroatoms. The van der Waals surface area contributed by atoms with Crippen LogP contribution >= 0.6 is 0 Å². The average molecular weight is 415 g/mol. The molecule has 152 valence electrons. The summed E-state index contributed by atoms with van der Waals surface area (Å²) in [6.07, 6.45) is -3.85. The van der Waals surface area contributed by atoms with E-state index >= 15 is 0 Å². The maximum Gasteiger partial charge on any atom is 0.418 e. The highest BCUT2D eigenvalue weighted by Crippen LogP contribution is 2.37. The number of aryl methyl sites for hydroxylation is 3. The molecule has 0 aromatic heterocycles. The van der Waals surface area contributed by atoms with Crippen LogP contribution in [0.1, 0.15) is 22.3 Å². The molecule has 0 fully saturated rings. The van der Waals surface area contributed by atoms with Gasteiger partial charge in [-0.15, -0.1) is 0 Å². The molecule has 0 saturated carbocycles. The summed E-state index contributed by atoms with van der Waals surface area (Å²) < 4.78 is 63.5. The van der Waals surface area contributed by atoms with Crippen molar-refractivity contribution >= 4 is 27.2 Å². The van der Waals surface area contributed by atoms with Crippen LogP contribution in [0, 0.1) is 20.8 Å². The van der Waals surface area contributed by atoms with Crippen molar-refractivity contribution < 1.29 is 26.4 Å². The van der Waals surface area contributed by atoms with Gasteiger partial charge < -0.3 is 5.32 Å². The number of amides is 2. The number of carbonyl (C=O) groups is 1. The van der Waals surface area contributed by atoms with E-state index in [1.54, 1.807) is 12.1 Å². The number of carbonyl (C=O) groups excluding carboxylic acids is 1. The van der Waals surface area contributed by atoms with Crippen LogP contribution in [-0.2, 0) is 16.0 Å². The number of anilines is 2. The number of nitrogens with one attached hydrogen (secondary N) is 3. The third kappa shape index (κ3) is 5.38. The lowest BCUT2D eigenvalue weighted by atomic mass is 10.1. The van der Waals surface area contributed by atoms with Gasteiger partial charge in [-0.2, -0.15) is 13.2 Å². The lowest BCUT2D eigenvalue weighted by Crippen LogP contribution is -2.34. The van der Waals surface area contributed by atoms with E-state index in [4.69, 9.17) is 0 Å². The van der Waals surface area contributed by atoms with Gasteiger partial charge in [-0.25, -0.2) is 13.2 Å². The molecule has 0 bridgehead atoms. The zero-order valence-electron chi connectivity index (χ0n) is 15.7. The van der Waals surface area contributed by atoms with Crippen molar-refractivity contribution in [3.05, 3.63) is 52.6 Å². The van der Waals surface area contributed by atoms with Crippen molar-refractivity contribution in [1.82, 2.24) is 5.43 Å². The predicted molar refractivity (Wildman–Crippen MR) is 101 cm³/mol. The zero-order valence-corrected chi connectivity index (χ0v) is 16.5. The van der Waals surface area contributed by atoms with Crippen molar-refractivity contribution in [1.29, 1.82) is 0 Å². The largest absolute Gasteiger partial charge is 0.418 e. The molecule has 2 rings (SSSR count). The molecule has 28 heavy (non-hydrogen) atoms. The quantitative estimate of drug-likeness (QED) is 0.654. The maximum atomic E-state index is 13.3. The molecule has 0 aliphatic heterocycles. The summed E-state index contributed by atoms with van der Waals surface area (Å²) in [5.74, 6) is 0. The third-order valence-electron chi connectivity index (χ3n) is 3.81. The molecule has 0 unspecified atom stereocenters. The average Bonchev–Trinajstić information content (AvgIpc) is 2.50. The fourth-order valence-corrected chi connectivity index (χ4v) is 3.73. The van der Waals surface area contributed by atoms with E-state index in [1.165, 1.54) is 6.92 Å². The molecule has 2 aromatic carbocycles. The van der Waals surface area contributed by atoms with Crippen molar-refractivity contribution in [3.8, 4) is 0 Å². The van der Waals surface area contributed by atoms with Gasteiger partial charge >= 0.3 is 12.2 Å². The van der Waals surface area contributed by atoms with Crippen LogP contribution in [0.4, 0.5) is 29.3 Å². The van der Waals surface area contributed by atoms with Gasteiger partial charge in [-0.05, 0) is 61.7 Å². The highest BCUT2D eigenvalue weighted by Gasteiger charge is 2.35. The molecule has 0 heterocycles. The molecule has 6 nitrogen and oxygen atoms in total. The zero-order chi connectivity index (χ0) is 21.3. The number of urea groups is 1. The molecule has 0 aliphatic rings. The van der Waals surface area contributed by atoms with Gasteiger partial charge in [0.1, 0.15) is 0 Å². The highest BCUT2D eigenvalue weighted by molar-refractivity contribution is 7.90. The first-order valence-electron chi connectivity index (χ1n) is 8.10. The Hall–Kier alpha value is -2.75. The summed E-state index contributed by atoms with van der Waals surface area (Å²) in [4.78, 5) is 11.8. The topological polar surface area (TPSA) is 87.3 Å². The molecule has 0 radical (unpaired) electrons. The molecule has 3 N–H and O–H groups in total. The van der Waals surface area contributed by atoms with Crippen LogP contribution in [0.2, 0.25) is 0 Å². The Bertz CT molecular complexity index is 998. The number of halogens is 3. The summed E-state index contributed by atoms with van der Waals surface area (Å²) in [5.41, 5.74) is 4.82. The van der Waals surface area contributed by atoms with Crippen LogP contribution in [0.3, 0.4) is 0 Å². The Morgan fingerprint density at radius 3 is 2.04 bits per heavy atom. The molecule has 0 saturated heterocycles. The molecule has 0 spiro atoms. The summed E-state index contributed by atoms with van der Waals surface area (Å²) in [6, 6.07) is 6.06. The van der Waals surface area contributed by atoms with E-state index in [9.17, 15) is 26.4 Å². The molecule has 0 aliphatic carbocycles. The monoisotopic (exact) mass is 415 g/mol. The summed E-state index contributed by atoms with van der Waals surface area (Å²) >= 11 is 0. The Morgan fingerprint density at radius 1 is 0.964 bits per heavy atom. The predicted octanol–water partition coefficient (Wildman–Crippen LogP) is 4.18. The van der Waals surface area contributed by atoms with Crippen molar-refractivity contribution in [2.75, 3.05) is 17.0 Å². The number of hydrazine groups is 1. The maximum absolute atomic E-state index is 13.3. The minimum Gasteiger partial charge on any atom is -0.307 e. The van der Waals surface area contributed by atoms with Crippen molar-refractivity contribution in [2.24, 2.45) is 0 Å². The summed E-state index contributed by atoms with van der Waals surface area (Å²) in [6.45, 7) is 4.95. The number of benzene rings is 2. The minimum absolute atomic E-state index is 0.0416. The smallest absolute Gasteiger partial charge is 0.307 e. The second-order valence-corrected chi connectivity index (χ2v) is 8.50. The molecule has 2 amide bonds. The number of alkyl halides is 3. The Balaban J connectivity index is 2.27. The second kappa shape index (κ2) is 7.70. The van der Waals surface area contributed by atoms with Crippen molar-refractivity contribution in [3.63, 3.8) is 0 Å². The van der Waals surface area contributed by atoms with Crippen LogP contribution in [0.5, 0.6) is 0 Å². The Morgan fingerprint density at radius 2 is 1.54 bits per heavy atom. The number of hydrogen-bond acceptors (Lipinski definition) is 4. The number of sulfone groups is 1. The van der Waals surface area contributed by atoms with Crippen LogP contribution in [-0.4, -0.2) is 20.7 Å². The molecule has 0 atom stereocenters. The minimum atomic E-state index is -4.74. The van der Waals surface area contributed by atoms with Gasteiger partial charge in [-0.1, -0.05) is 6.07 Å². The SMILES string of the molecule is Cc1cc(C)cc(NC(=O)NNc2cc(S(C)(=O)=O)c(C)cc2C(F)(F)F)c1. The second-order valence-electron chi connectivity index (χ2n) is 6.51. The van der Waals surface area contributed by atoms with E-state index in [0.29, 0.717) is 5.69 Å². The van der Waals surface area contributed by atoms with E-state index in [0.717, 1.165) is 29.5 Å². The van der Waals surface area contributed by atoms with Crippen LogP contribution in [0.15, 0.2) is 35.2 Å². The lowest BCUT2D eigenvalue weighted by molar-refractivity contribution is -0.137. The standard InChI is InChI=1S/C18H20F3N3O3S/c1-10-5-11(2)7-13(6-10)22-17(25)24-23-15-9-16(28(4,26)27)12(3)8-14(15)18(19,20)21/h5-9,23H,1-4H3,(H2,22,24,25). The summed E-state index contributed by atoms with van der Waals surface area (Å²) in [7, 11) is -3.75. The number of hydrogen-bond donors (Lipinski definition) is 3. The van der Waals surface area contributed by atoms with E-state index in [1.807, 2.05) is 19.9 Å². The Labute approximate surface area is 161 Å². The van der Waals surface area contributed by atoms with E-state index in [2.05, 4.69) is 16.2 Å². The van der Waals surface area contributed by atoms with Crippen molar-refractivity contribution in [2.45, 2.75) is 31.8 Å².